The maximum atomic E-state index is 12.8. The molecule has 3 aromatic heterocycles. The molecule has 3 heterocycles. The predicted molar refractivity (Wildman–Crippen MR) is 95.5 cm³/mol. The molecule has 1 aliphatic rings. The molecule has 1 fully saturated rings. The van der Waals surface area contributed by atoms with Crippen LogP contribution in [0.2, 0.25) is 0 Å². The third-order valence-electron chi connectivity index (χ3n) is 4.40. The van der Waals surface area contributed by atoms with E-state index in [2.05, 4.69) is 20.4 Å². The van der Waals surface area contributed by atoms with Crippen molar-refractivity contribution in [3.05, 3.63) is 39.1 Å². The maximum Gasteiger partial charge on any atom is 0.355 e. The predicted octanol–water partition coefficient (Wildman–Crippen LogP) is 2.24. The first-order valence-electron chi connectivity index (χ1n) is 8.24. The molecule has 0 aliphatic heterocycles. The molecule has 1 saturated carbocycles. The van der Waals surface area contributed by atoms with Crippen LogP contribution >= 0.6 is 11.3 Å². The van der Waals surface area contributed by atoms with E-state index in [0.29, 0.717) is 22.1 Å². The molecule has 26 heavy (non-hydrogen) atoms. The Kier molecular flexibility index (Phi) is 3.95. The van der Waals surface area contributed by atoms with Crippen LogP contribution in [-0.2, 0) is 13.6 Å². The Morgan fingerprint density at radius 3 is 2.81 bits per heavy atom. The molecule has 0 spiro atoms. The molecule has 0 saturated heterocycles. The minimum absolute atomic E-state index is 0.00956. The molecule has 8 nitrogen and oxygen atoms in total. The van der Waals surface area contributed by atoms with E-state index in [0.717, 1.165) is 29.6 Å². The van der Waals surface area contributed by atoms with Crippen molar-refractivity contribution in [2.45, 2.75) is 32.2 Å². The average Bonchev–Trinajstić information content (AvgIpc) is 3.28. The van der Waals surface area contributed by atoms with Crippen LogP contribution in [0.15, 0.2) is 11.4 Å². The Hall–Kier alpha value is -2.81. The van der Waals surface area contributed by atoms with Gasteiger partial charge in [-0.15, -0.1) is 11.3 Å². The van der Waals surface area contributed by atoms with Gasteiger partial charge in [0.15, 0.2) is 11.3 Å². The van der Waals surface area contributed by atoms with Crippen molar-refractivity contribution >= 4 is 34.2 Å². The molecule has 134 valence electrons. The summed E-state index contributed by atoms with van der Waals surface area (Å²) in [5.74, 6) is -0.893. The van der Waals surface area contributed by atoms with Crippen molar-refractivity contribution in [3.63, 3.8) is 0 Å². The third-order valence-corrected chi connectivity index (χ3v) is 5.25. The highest BCUT2D eigenvalue weighted by atomic mass is 32.1. The monoisotopic (exact) mass is 371 g/mol. The van der Waals surface area contributed by atoms with Crippen LogP contribution in [-0.4, -0.2) is 36.7 Å². The summed E-state index contributed by atoms with van der Waals surface area (Å²) in [6.07, 6.45) is 2.18. The summed E-state index contributed by atoms with van der Waals surface area (Å²) >= 11 is 1.21. The van der Waals surface area contributed by atoms with E-state index in [9.17, 15) is 9.59 Å². The van der Waals surface area contributed by atoms with Crippen molar-refractivity contribution in [1.29, 1.82) is 0 Å². The van der Waals surface area contributed by atoms with Gasteiger partial charge in [-0.3, -0.25) is 9.48 Å². The normalized spacial score (nSPS) is 13.9. The first-order valence-corrected chi connectivity index (χ1v) is 9.12. The number of carboxylic acid groups (broad SMARTS) is 1. The standard InChI is InChI=1S/C17H17N5O3S/c1-8-14-10(5-11(9-3-4-9)20-15(14)22(2)21-8)16(23)18-6-13-19-12(7-26-13)17(24)25/h5,7,9H,3-4,6H2,1-2H3,(H,18,23)(H,24,25). The Balaban J connectivity index is 1.64. The van der Waals surface area contributed by atoms with Crippen molar-refractivity contribution in [3.8, 4) is 0 Å². The number of carboxylic acids is 1. The fourth-order valence-corrected chi connectivity index (χ4v) is 3.68. The van der Waals surface area contributed by atoms with Crippen molar-refractivity contribution < 1.29 is 14.7 Å². The minimum Gasteiger partial charge on any atom is -0.476 e. The lowest BCUT2D eigenvalue weighted by molar-refractivity contribution is 0.0691. The molecule has 2 N–H and O–H groups in total. The highest BCUT2D eigenvalue weighted by Crippen LogP contribution is 2.40. The van der Waals surface area contributed by atoms with Gasteiger partial charge in [0.1, 0.15) is 5.01 Å². The van der Waals surface area contributed by atoms with E-state index < -0.39 is 5.97 Å². The van der Waals surface area contributed by atoms with Crippen molar-refractivity contribution in [2.75, 3.05) is 0 Å². The van der Waals surface area contributed by atoms with Gasteiger partial charge in [-0.1, -0.05) is 0 Å². The SMILES string of the molecule is Cc1nn(C)c2nc(C3CC3)cc(C(=O)NCc3nc(C(=O)O)cs3)c12. The number of hydrogen-bond acceptors (Lipinski definition) is 6. The van der Waals surface area contributed by atoms with Gasteiger partial charge in [-0.2, -0.15) is 5.10 Å². The number of thiazole rings is 1. The number of aromatic carboxylic acids is 1. The van der Waals surface area contributed by atoms with E-state index in [4.69, 9.17) is 5.11 Å². The fraction of sp³-hybridized carbons (Fsp3) is 0.353. The van der Waals surface area contributed by atoms with Crippen LogP contribution in [0, 0.1) is 6.92 Å². The first kappa shape index (κ1) is 16.6. The zero-order valence-corrected chi connectivity index (χ0v) is 15.1. The Morgan fingerprint density at radius 1 is 1.38 bits per heavy atom. The van der Waals surface area contributed by atoms with Crippen LogP contribution < -0.4 is 5.32 Å². The zero-order valence-electron chi connectivity index (χ0n) is 14.3. The highest BCUT2D eigenvalue weighted by molar-refractivity contribution is 7.09. The average molecular weight is 371 g/mol. The van der Waals surface area contributed by atoms with Gasteiger partial charge in [0.05, 0.1) is 23.2 Å². The van der Waals surface area contributed by atoms with Crippen LogP contribution in [0.5, 0.6) is 0 Å². The van der Waals surface area contributed by atoms with Gasteiger partial charge < -0.3 is 10.4 Å². The lowest BCUT2D eigenvalue weighted by Gasteiger charge is -2.08. The number of fused-ring (bicyclic) bond motifs is 1. The van der Waals surface area contributed by atoms with Crippen LogP contribution in [0.4, 0.5) is 0 Å². The van der Waals surface area contributed by atoms with Gasteiger partial charge in [-0.25, -0.2) is 14.8 Å². The van der Waals surface area contributed by atoms with Gasteiger partial charge in [0.25, 0.3) is 5.91 Å². The lowest BCUT2D eigenvalue weighted by atomic mass is 10.1. The number of hydrogen-bond donors (Lipinski definition) is 2. The van der Waals surface area contributed by atoms with Crippen molar-refractivity contribution in [1.82, 2.24) is 25.1 Å². The summed E-state index contributed by atoms with van der Waals surface area (Å²) in [7, 11) is 1.82. The van der Waals surface area contributed by atoms with E-state index in [1.54, 1.807) is 4.68 Å². The second-order valence-electron chi connectivity index (χ2n) is 6.39. The number of nitrogens with one attached hydrogen (secondary N) is 1. The number of carbonyl (C=O) groups is 2. The fourth-order valence-electron chi connectivity index (χ4n) is 2.97. The number of aromatic nitrogens is 4. The largest absolute Gasteiger partial charge is 0.476 e. The highest BCUT2D eigenvalue weighted by Gasteiger charge is 2.28. The summed E-state index contributed by atoms with van der Waals surface area (Å²) in [6.45, 7) is 2.04. The topological polar surface area (TPSA) is 110 Å². The summed E-state index contributed by atoms with van der Waals surface area (Å²) in [5, 5.41) is 18.9. The molecule has 0 radical (unpaired) electrons. The van der Waals surface area contributed by atoms with Gasteiger partial charge >= 0.3 is 5.97 Å². The molecule has 0 atom stereocenters. The van der Waals surface area contributed by atoms with E-state index in [-0.39, 0.29) is 18.1 Å². The Labute approximate surface area is 152 Å². The van der Waals surface area contributed by atoms with Gasteiger partial charge in [-0.05, 0) is 25.8 Å². The molecule has 4 rings (SSSR count). The number of carbonyl (C=O) groups excluding carboxylic acids is 1. The van der Waals surface area contributed by atoms with Gasteiger partial charge in [0, 0.05) is 24.0 Å². The molecular weight excluding hydrogens is 354 g/mol. The van der Waals surface area contributed by atoms with E-state index >= 15 is 0 Å². The van der Waals surface area contributed by atoms with Crippen molar-refractivity contribution in [2.24, 2.45) is 7.05 Å². The van der Waals surface area contributed by atoms with Crippen LogP contribution in [0.3, 0.4) is 0 Å². The third kappa shape index (κ3) is 2.94. The molecule has 0 bridgehead atoms. The van der Waals surface area contributed by atoms with Crippen LogP contribution in [0.25, 0.3) is 11.0 Å². The second-order valence-corrected chi connectivity index (χ2v) is 7.33. The van der Waals surface area contributed by atoms with E-state index in [1.807, 2.05) is 20.0 Å². The molecular formula is C17H17N5O3S. The lowest BCUT2D eigenvalue weighted by Crippen LogP contribution is -2.23. The minimum atomic E-state index is -1.07. The molecule has 9 heteroatoms. The van der Waals surface area contributed by atoms with E-state index in [1.165, 1.54) is 16.7 Å². The maximum absolute atomic E-state index is 12.8. The zero-order chi connectivity index (χ0) is 18.4. The summed E-state index contributed by atoms with van der Waals surface area (Å²) in [4.78, 5) is 32.4. The molecule has 1 amide bonds. The smallest absolute Gasteiger partial charge is 0.355 e. The number of aryl methyl sites for hydroxylation is 2. The molecule has 3 aromatic rings. The number of nitrogens with zero attached hydrogens (tertiary/aromatic N) is 4. The molecule has 1 aliphatic carbocycles. The molecule has 0 unspecified atom stereocenters. The Morgan fingerprint density at radius 2 is 2.15 bits per heavy atom. The quantitative estimate of drug-likeness (QED) is 0.712. The summed E-state index contributed by atoms with van der Waals surface area (Å²) in [6, 6.07) is 1.86. The summed E-state index contributed by atoms with van der Waals surface area (Å²) in [5.41, 5.74) is 2.93. The van der Waals surface area contributed by atoms with Crippen LogP contribution in [0.1, 0.15) is 56.0 Å². The van der Waals surface area contributed by atoms with Gasteiger partial charge in [0.2, 0.25) is 0 Å². The number of pyridine rings is 1. The summed E-state index contributed by atoms with van der Waals surface area (Å²) < 4.78 is 1.70. The second kappa shape index (κ2) is 6.17. The number of rotatable bonds is 5. The Bertz CT molecular complexity index is 1030. The number of amides is 1. The first-order chi connectivity index (χ1) is 12.4. The molecule has 0 aromatic carbocycles.